The minimum absolute atomic E-state index is 0.153. The van der Waals surface area contributed by atoms with Crippen LogP contribution in [0.25, 0.3) is 11.1 Å². The molecular formula is C48H49ClN5O7P. The van der Waals surface area contributed by atoms with E-state index >= 15 is 0 Å². The molecule has 3 heterocycles. The van der Waals surface area contributed by atoms with Gasteiger partial charge in [-0.05, 0) is 83.1 Å². The number of rotatable bonds is 13. The van der Waals surface area contributed by atoms with Gasteiger partial charge in [-0.15, -0.1) is 0 Å². The summed E-state index contributed by atoms with van der Waals surface area (Å²) in [4.78, 5) is 44.0. The molecule has 2 N–H and O–H groups in total. The topological polar surface area (TPSA) is 135 Å². The number of ether oxygens (including phenoxy) is 2. The Morgan fingerprint density at radius 2 is 1.40 bits per heavy atom. The number of amides is 1. The number of methoxy groups -OCH3 is 1. The van der Waals surface area contributed by atoms with E-state index in [1.165, 1.54) is 10.8 Å². The van der Waals surface area contributed by atoms with Crippen LogP contribution in [0, 0.1) is 6.92 Å². The molecule has 62 heavy (non-hydrogen) atoms. The lowest BCUT2D eigenvalue weighted by molar-refractivity contribution is -0.148. The summed E-state index contributed by atoms with van der Waals surface area (Å²) in [7, 11) is 1.62. The second-order valence-corrected chi connectivity index (χ2v) is 18.7. The highest BCUT2D eigenvalue weighted by Crippen LogP contribution is 2.57. The first-order valence-electron chi connectivity index (χ1n) is 20.7. The smallest absolute Gasteiger partial charge is 0.363 e. The fourth-order valence-electron chi connectivity index (χ4n) is 8.64. The number of piperidine rings is 1. The van der Waals surface area contributed by atoms with E-state index in [9.17, 15) is 18.9 Å². The van der Waals surface area contributed by atoms with E-state index in [0.717, 1.165) is 33.6 Å². The van der Waals surface area contributed by atoms with Crippen molar-refractivity contribution in [1.82, 2.24) is 24.4 Å². The number of carbonyl (C=O) groups is 1. The van der Waals surface area contributed by atoms with Crippen LogP contribution in [0.3, 0.4) is 0 Å². The molecule has 1 aromatic heterocycles. The predicted octanol–water partition coefficient (Wildman–Crippen LogP) is 7.97. The van der Waals surface area contributed by atoms with Gasteiger partial charge < -0.3 is 19.3 Å². The largest absolute Gasteiger partial charge is 0.497 e. The average Bonchev–Trinajstić information content (AvgIpc) is 3.31. The molecule has 2 fully saturated rings. The zero-order chi connectivity index (χ0) is 43.3. The Labute approximate surface area is 365 Å². The maximum atomic E-state index is 14.2. The fraction of sp³-hybridized carbons (Fsp3) is 0.271. The minimum atomic E-state index is -3.88. The van der Waals surface area contributed by atoms with Gasteiger partial charge in [0.15, 0.2) is 6.23 Å². The molecule has 3 atom stereocenters. The lowest BCUT2D eigenvalue weighted by Crippen LogP contribution is -2.58. The molecule has 14 heteroatoms. The van der Waals surface area contributed by atoms with E-state index in [1.54, 1.807) is 24.8 Å². The van der Waals surface area contributed by atoms with Gasteiger partial charge in [0.05, 0.1) is 25.4 Å². The molecule has 2 aliphatic rings. The summed E-state index contributed by atoms with van der Waals surface area (Å²) in [6.45, 7) is -1.19. The van der Waals surface area contributed by atoms with Gasteiger partial charge in [0.25, 0.3) is 11.5 Å². The van der Waals surface area contributed by atoms with Crippen molar-refractivity contribution >= 4 is 24.0 Å². The molecule has 3 unspecified atom stereocenters. The Morgan fingerprint density at radius 1 is 0.823 bits per heavy atom. The number of morpholine rings is 1. The van der Waals surface area contributed by atoms with Crippen LogP contribution in [0.2, 0.25) is 0 Å². The van der Waals surface area contributed by atoms with Crippen LogP contribution >= 0.6 is 18.1 Å². The maximum Gasteiger partial charge on any atom is 0.363 e. The molecule has 6 aromatic rings. The second-order valence-electron chi connectivity index (χ2n) is 15.7. The summed E-state index contributed by atoms with van der Waals surface area (Å²) in [5, 5.41) is 3.14. The zero-order valence-electron chi connectivity index (χ0n) is 34.6. The molecule has 12 nitrogen and oxygen atoms in total. The van der Waals surface area contributed by atoms with Crippen LogP contribution in [0.4, 0.5) is 0 Å². The second kappa shape index (κ2) is 18.8. The number of aromatic nitrogens is 2. The first-order valence-corrected chi connectivity index (χ1v) is 23.2. The molecule has 0 bridgehead atoms. The molecule has 5 aromatic carbocycles. The van der Waals surface area contributed by atoms with Crippen molar-refractivity contribution < 1.29 is 23.4 Å². The standard InChI is InChI=1S/C48H49ClN5O7P/c1-34-30-54(47(57)51-45(34)55)44-32-52(48(38-17-6-3-7-18-38,39-19-8-4-9-20-39)40-21-10-5-11-22-40)31-43(61-44)33-60-62(49,58)53-26-24-41(25-27-53)50-46(56)37-16-12-14-35(28-37)36-15-13-23-42(29-36)59-2/h3-23,28-30,41,43-44H,24-27,31-33H2,1-2H3,(H,50,56)(H,51,55,57). The van der Waals surface area contributed by atoms with Crippen LogP contribution < -0.4 is 21.3 Å². The SMILES string of the molecule is COc1cccc(-c2cccc(C(=O)NC3CCN(P(=O)(Cl)OCC4CN(C(c5ccccc5)(c5ccccc5)c5ccccc5)CC(n5cc(C)c(=O)[nH]c5=O)O4)CC3)c2)c1. The highest BCUT2D eigenvalue weighted by molar-refractivity contribution is 7.83. The van der Waals surface area contributed by atoms with Crippen LogP contribution in [-0.4, -0.2) is 77.1 Å². The molecule has 1 amide bonds. The van der Waals surface area contributed by atoms with Crippen LogP contribution in [0.1, 0.15) is 51.7 Å². The van der Waals surface area contributed by atoms with Gasteiger partial charge in [-0.25, -0.2) is 9.46 Å². The summed E-state index contributed by atoms with van der Waals surface area (Å²) in [5.41, 5.74) is 3.73. The summed E-state index contributed by atoms with van der Waals surface area (Å²) in [5.74, 6) is 0.539. The van der Waals surface area contributed by atoms with E-state index in [2.05, 4.69) is 51.6 Å². The summed E-state index contributed by atoms with van der Waals surface area (Å²) >= 11 is 6.81. The Hall–Kier alpha value is -5.59. The van der Waals surface area contributed by atoms with Gasteiger partial charge in [0, 0.05) is 49.5 Å². The number of carbonyl (C=O) groups excluding carboxylic acids is 1. The van der Waals surface area contributed by atoms with E-state index in [1.807, 2.05) is 97.1 Å². The first-order chi connectivity index (χ1) is 30.0. The van der Waals surface area contributed by atoms with Gasteiger partial charge >= 0.3 is 12.6 Å². The quantitative estimate of drug-likeness (QED) is 0.0876. The van der Waals surface area contributed by atoms with Gasteiger partial charge in [-0.2, -0.15) is 0 Å². The normalized spacial score (nSPS) is 18.8. The molecule has 320 valence electrons. The predicted molar refractivity (Wildman–Crippen MR) is 241 cm³/mol. The summed E-state index contributed by atoms with van der Waals surface area (Å²) in [6.07, 6.45) is 0.940. The minimum Gasteiger partial charge on any atom is -0.497 e. The van der Waals surface area contributed by atoms with Crippen molar-refractivity contribution in [3.63, 3.8) is 0 Å². The van der Waals surface area contributed by atoms with Crippen molar-refractivity contribution in [3.05, 3.63) is 194 Å². The Bertz CT molecular complexity index is 2560. The van der Waals surface area contributed by atoms with Crippen LogP contribution in [0.5, 0.6) is 5.75 Å². The molecule has 0 spiro atoms. The van der Waals surface area contributed by atoms with Gasteiger partial charge in [-0.3, -0.25) is 28.6 Å². The number of benzene rings is 5. The molecular weight excluding hydrogens is 825 g/mol. The highest BCUT2D eigenvalue weighted by atomic mass is 35.7. The molecule has 2 aliphatic heterocycles. The van der Waals surface area contributed by atoms with Crippen molar-refractivity contribution in [1.29, 1.82) is 0 Å². The average molecular weight is 874 g/mol. The lowest BCUT2D eigenvalue weighted by atomic mass is 9.75. The Morgan fingerprint density at radius 3 is 2.00 bits per heavy atom. The van der Waals surface area contributed by atoms with E-state index in [-0.39, 0.29) is 25.1 Å². The molecule has 2 saturated heterocycles. The monoisotopic (exact) mass is 873 g/mol. The Kier molecular flexibility index (Phi) is 13.1. The number of aryl methyl sites for hydroxylation is 1. The molecule has 0 aliphatic carbocycles. The number of aromatic amines is 1. The van der Waals surface area contributed by atoms with Gasteiger partial charge in [0.2, 0.25) is 0 Å². The van der Waals surface area contributed by atoms with E-state index in [0.29, 0.717) is 43.6 Å². The van der Waals surface area contributed by atoms with Crippen LogP contribution in [-0.2, 0) is 19.4 Å². The molecule has 8 rings (SSSR count). The number of nitrogens with zero attached hydrogens (tertiary/aromatic N) is 3. The van der Waals surface area contributed by atoms with Crippen molar-refractivity contribution in [3.8, 4) is 16.9 Å². The maximum absolute atomic E-state index is 14.2. The summed E-state index contributed by atoms with van der Waals surface area (Å²) in [6, 6.07) is 45.5. The van der Waals surface area contributed by atoms with Crippen molar-refractivity contribution in [2.24, 2.45) is 0 Å². The van der Waals surface area contributed by atoms with E-state index < -0.39 is 36.0 Å². The fourth-order valence-corrected chi connectivity index (χ4v) is 10.5. The summed E-state index contributed by atoms with van der Waals surface area (Å²) < 4.78 is 35.4. The van der Waals surface area contributed by atoms with Gasteiger partial charge in [0.1, 0.15) is 5.75 Å². The highest BCUT2D eigenvalue weighted by Gasteiger charge is 2.47. The first kappa shape index (κ1) is 43.1. The Balaban J connectivity index is 1.01. The third kappa shape index (κ3) is 9.13. The molecule has 0 radical (unpaired) electrons. The molecule has 0 saturated carbocycles. The third-order valence-electron chi connectivity index (χ3n) is 11.7. The number of hydrogen-bond donors (Lipinski definition) is 2. The van der Waals surface area contributed by atoms with E-state index in [4.69, 9.17) is 25.2 Å². The third-order valence-corrected chi connectivity index (χ3v) is 14.2. The number of halogens is 1. The van der Waals surface area contributed by atoms with Crippen molar-refractivity contribution in [2.75, 3.05) is 39.9 Å². The van der Waals surface area contributed by atoms with Gasteiger partial charge in [-0.1, -0.05) is 115 Å². The number of hydrogen-bond acceptors (Lipinski definition) is 8. The zero-order valence-corrected chi connectivity index (χ0v) is 36.2. The lowest BCUT2D eigenvalue weighted by Gasteiger charge is -2.50. The number of nitrogens with one attached hydrogen (secondary N) is 2. The van der Waals surface area contributed by atoms with Crippen molar-refractivity contribution in [2.45, 2.75) is 43.7 Å². The number of H-pyrrole nitrogens is 1. The van der Waals surface area contributed by atoms with Crippen LogP contribution in [0.15, 0.2) is 155 Å².